The molecule has 1 saturated heterocycles. The SMILES string of the molecule is C#CCn1c(=NC(=O)c2ccc(S(=O)(=O)N3CCCCC3)cc2)sc2cc(OC)ccc21. The summed E-state index contributed by atoms with van der Waals surface area (Å²) in [7, 11) is -1.95. The minimum absolute atomic E-state index is 0.187. The molecule has 0 spiro atoms. The maximum Gasteiger partial charge on any atom is 0.279 e. The van der Waals surface area contributed by atoms with Gasteiger partial charge in [-0.2, -0.15) is 9.30 Å². The number of rotatable bonds is 5. The highest BCUT2D eigenvalue weighted by atomic mass is 32.2. The number of sulfonamides is 1. The summed E-state index contributed by atoms with van der Waals surface area (Å²) in [5.74, 6) is 2.84. The summed E-state index contributed by atoms with van der Waals surface area (Å²) in [6, 6.07) is 11.5. The molecule has 1 aliphatic heterocycles. The molecule has 1 aromatic heterocycles. The topological polar surface area (TPSA) is 81.0 Å². The average Bonchev–Trinajstić information content (AvgIpc) is 3.16. The first-order chi connectivity index (χ1) is 15.4. The van der Waals surface area contributed by atoms with Gasteiger partial charge in [-0.15, -0.1) is 6.42 Å². The second kappa shape index (κ2) is 9.28. The highest BCUT2D eigenvalue weighted by molar-refractivity contribution is 7.89. The van der Waals surface area contributed by atoms with Crippen LogP contribution in [-0.4, -0.2) is 43.4 Å². The number of piperidine rings is 1. The molecule has 2 heterocycles. The van der Waals surface area contributed by atoms with Crippen molar-refractivity contribution in [2.24, 2.45) is 4.99 Å². The van der Waals surface area contributed by atoms with Gasteiger partial charge in [-0.1, -0.05) is 23.7 Å². The van der Waals surface area contributed by atoms with Crippen molar-refractivity contribution < 1.29 is 17.9 Å². The van der Waals surface area contributed by atoms with E-state index in [4.69, 9.17) is 11.2 Å². The Hall–Kier alpha value is -2.93. The van der Waals surface area contributed by atoms with Gasteiger partial charge in [0.2, 0.25) is 10.0 Å². The highest BCUT2D eigenvalue weighted by Gasteiger charge is 2.26. The van der Waals surface area contributed by atoms with E-state index in [9.17, 15) is 13.2 Å². The molecule has 9 heteroatoms. The van der Waals surface area contributed by atoms with Crippen LogP contribution in [0.15, 0.2) is 52.4 Å². The number of fused-ring (bicyclic) bond motifs is 1. The predicted molar refractivity (Wildman–Crippen MR) is 124 cm³/mol. The van der Waals surface area contributed by atoms with E-state index in [1.807, 2.05) is 18.2 Å². The Balaban J connectivity index is 1.66. The number of terminal acetylenes is 1. The van der Waals surface area contributed by atoms with E-state index >= 15 is 0 Å². The number of carbonyl (C=O) groups is 1. The lowest BCUT2D eigenvalue weighted by Crippen LogP contribution is -2.35. The molecule has 0 bridgehead atoms. The van der Waals surface area contributed by atoms with Crippen LogP contribution in [-0.2, 0) is 16.6 Å². The van der Waals surface area contributed by atoms with E-state index in [0.717, 1.165) is 29.5 Å². The molecule has 1 aliphatic rings. The first-order valence-electron chi connectivity index (χ1n) is 10.2. The van der Waals surface area contributed by atoms with E-state index in [1.54, 1.807) is 11.7 Å². The minimum Gasteiger partial charge on any atom is -0.497 e. The fourth-order valence-corrected chi connectivity index (χ4v) is 6.26. The Bertz CT molecular complexity index is 1360. The molecule has 0 saturated carbocycles. The van der Waals surface area contributed by atoms with E-state index in [1.165, 1.54) is 39.9 Å². The third-order valence-electron chi connectivity index (χ3n) is 5.39. The quantitative estimate of drug-likeness (QED) is 0.537. The van der Waals surface area contributed by atoms with Gasteiger partial charge >= 0.3 is 0 Å². The van der Waals surface area contributed by atoms with E-state index in [-0.39, 0.29) is 11.4 Å². The van der Waals surface area contributed by atoms with Gasteiger partial charge in [0.1, 0.15) is 5.75 Å². The van der Waals surface area contributed by atoms with Gasteiger partial charge in [0.25, 0.3) is 5.91 Å². The van der Waals surface area contributed by atoms with Crippen molar-refractivity contribution in [3.63, 3.8) is 0 Å². The Labute approximate surface area is 191 Å². The number of hydrogen-bond donors (Lipinski definition) is 0. The third-order valence-corrected chi connectivity index (χ3v) is 8.34. The fourth-order valence-electron chi connectivity index (χ4n) is 3.69. The molecule has 0 aliphatic carbocycles. The van der Waals surface area contributed by atoms with E-state index in [2.05, 4.69) is 10.9 Å². The van der Waals surface area contributed by atoms with Gasteiger partial charge in [0.05, 0.1) is 28.8 Å². The van der Waals surface area contributed by atoms with Crippen molar-refractivity contribution in [3.8, 4) is 18.1 Å². The summed E-state index contributed by atoms with van der Waals surface area (Å²) in [6.45, 7) is 1.33. The molecule has 0 radical (unpaired) electrons. The lowest BCUT2D eigenvalue weighted by atomic mass is 10.2. The largest absolute Gasteiger partial charge is 0.497 e. The van der Waals surface area contributed by atoms with Crippen LogP contribution in [0.3, 0.4) is 0 Å². The first-order valence-corrected chi connectivity index (χ1v) is 12.5. The van der Waals surface area contributed by atoms with Crippen molar-refractivity contribution >= 4 is 37.5 Å². The van der Waals surface area contributed by atoms with Crippen LogP contribution in [0.5, 0.6) is 5.75 Å². The van der Waals surface area contributed by atoms with Gasteiger partial charge in [0.15, 0.2) is 4.80 Å². The number of benzene rings is 2. The van der Waals surface area contributed by atoms with Gasteiger partial charge < -0.3 is 9.30 Å². The zero-order valence-corrected chi connectivity index (χ0v) is 19.3. The second-order valence-electron chi connectivity index (χ2n) is 7.41. The fraction of sp³-hybridized carbons (Fsp3) is 0.304. The lowest BCUT2D eigenvalue weighted by Gasteiger charge is -2.25. The molecule has 1 amide bonds. The summed E-state index contributed by atoms with van der Waals surface area (Å²) in [5, 5.41) is 0. The first kappa shape index (κ1) is 22.3. The maximum absolute atomic E-state index is 12.8. The van der Waals surface area contributed by atoms with Crippen LogP contribution >= 0.6 is 11.3 Å². The number of hydrogen-bond acceptors (Lipinski definition) is 5. The molecular weight excluding hydrogens is 446 g/mol. The molecule has 166 valence electrons. The van der Waals surface area contributed by atoms with E-state index in [0.29, 0.717) is 29.2 Å². The number of nitrogens with zero attached hydrogens (tertiary/aromatic N) is 3. The normalized spacial score (nSPS) is 15.6. The van der Waals surface area contributed by atoms with Crippen LogP contribution in [0.2, 0.25) is 0 Å². The molecular formula is C23H23N3O4S2. The predicted octanol–water partition coefficient (Wildman–Crippen LogP) is 3.26. The van der Waals surface area contributed by atoms with Crippen molar-refractivity contribution in [1.29, 1.82) is 0 Å². The standard InChI is InChI=1S/C23H23N3O4S2/c1-3-13-26-20-12-9-18(30-2)16-21(20)31-23(26)24-22(27)17-7-10-19(11-8-17)32(28,29)25-14-5-4-6-15-25/h1,7-12,16H,4-6,13-15H2,2H3. The van der Waals surface area contributed by atoms with Crippen LogP contribution in [0.4, 0.5) is 0 Å². The monoisotopic (exact) mass is 469 g/mol. The average molecular weight is 470 g/mol. The number of thiazole rings is 1. The summed E-state index contributed by atoms with van der Waals surface area (Å²) < 4.78 is 35.1. The molecule has 0 N–H and O–H groups in total. The second-order valence-corrected chi connectivity index (χ2v) is 10.4. The Morgan fingerprint density at radius 2 is 1.88 bits per heavy atom. The summed E-state index contributed by atoms with van der Waals surface area (Å²) in [5.41, 5.74) is 1.17. The third kappa shape index (κ3) is 4.35. The smallest absolute Gasteiger partial charge is 0.279 e. The lowest BCUT2D eigenvalue weighted by molar-refractivity contribution is 0.0998. The minimum atomic E-state index is -3.55. The number of carbonyl (C=O) groups excluding carboxylic acids is 1. The molecule has 7 nitrogen and oxygen atoms in total. The summed E-state index contributed by atoms with van der Waals surface area (Å²) >= 11 is 1.34. The molecule has 0 unspecified atom stereocenters. The number of aromatic nitrogens is 1. The number of amides is 1. The van der Waals surface area contributed by atoms with Gasteiger partial charge in [-0.3, -0.25) is 4.79 Å². The van der Waals surface area contributed by atoms with Gasteiger partial charge in [-0.05, 0) is 55.3 Å². The maximum atomic E-state index is 12.8. The van der Waals surface area contributed by atoms with Crippen molar-refractivity contribution in [1.82, 2.24) is 8.87 Å². The molecule has 1 fully saturated rings. The molecule has 4 rings (SSSR count). The number of ether oxygens (including phenoxy) is 1. The Kier molecular flexibility index (Phi) is 6.46. The molecule has 3 aromatic rings. The van der Waals surface area contributed by atoms with Crippen LogP contribution in [0.25, 0.3) is 10.2 Å². The molecule has 2 aromatic carbocycles. The Morgan fingerprint density at radius 3 is 2.53 bits per heavy atom. The van der Waals surface area contributed by atoms with Crippen molar-refractivity contribution in [2.45, 2.75) is 30.7 Å². The van der Waals surface area contributed by atoms with Gasteiger partial charge in [0, 0.05) is 18.7 Å². The number of methoxy groups -OCH3 is 1. The van der Waals surface area contributed by atoms with Crippen LogP contribution in [0, 0.1) is 12.3 Å². The van der Waals surface area contributed by atoms with E-state index < -0.39 is 15.9 Å². The summed E-state index contributed by atoms with van der Waals surface area (Å²) in [4.78, 5) is 17.8. The Morgan fingerprint density at radius 1 is 1.16 bits per heavy atom. The molecule has 0 atom stereocenters. The molecule has 32 heavy (non-hydrogen) atoms. The van der Waals surface area contributed by atoms with Crippen molar-refractivity contribution in [3.05, 3.63) is 52.8 Å². The summed E-state index contributed by atoms with van der Waals surface area (Å²) in [6.07, 6.45) is 8.30. The highest BCUT2D eigenvalue weighted by Crippen LogP contribution is 2.24. The van der Waals surface area contributed by atoms with Crippen LogP contribution in [0.1, 0.15) is 29.6 Å². The van der Waals surface area contributed by atoms with Crippen LogP contribution < -0.4 is 9.54 Å². The van der Waals surface area contributed by atoms with Crippen molar-refractivity contribution in [2.75, 3.05) is 20.2 Å². The zero-order chi connectivity index (χ0) is 22.7. The zero-order valence-electron chi connectivity index (χ0n) is 17.7. The van der Waals surface area contributed by atoms with Gasteiger partial charge in [-0.25, -0.2) is 8.42 Å².